The molecule has 1 N–H and O–H groups in total. The quantitative estimate of drug-likeness (QED) is 0.871. The third-order valence-corrected chi connectivity index (χ3v) is 3.75. The highest BCUT2D eigenvalue weighted by molar-refractivity contribution is 5.29. The molecule has 1 aromatic carbocycles. The molecule has 1 aromatic rings. The van der Waals surface area contributed by atoms with E-state index in [9.17, 15) is 5.11 Å². The Hall–Kier alpha value is -0.860. The minimum Gasteiger partial charge on any atom is -0.396 e. The highest BCUT2D eigenvalue weighted by Crippen LogP contribution is 2.34. The van der Waals surface area contributed by atoms with Gasteiger partial charge in [0, 0.05) is 25.2 Å². The average Bonchev–Trinajstić information content (AvgIpc) is 2.29. The first-order valence-electron chi connectivity index (χ1n) is 6.39. The second kappa shape index (κ2) is 5.19. The number of rotatable bonds is 3. The molecule has 0 aliphatic carbocycles. The van der Waals surface area contributed by atoms with Crippen LogP contribution in [0.1, 0.15) is 29.5 Å². The number of hydrogen-bond acceptors (Lipinski definition) is 2. The Morgan fingerprint density at radius 1 is 1.12 bits per heavy atom. The lowest BCUT2D eigenvalue weighted by Gasteiger charge is -2.35. The van der Waals surface area contributed by atoms with Gasteiger partial charge in [-0.3, -0.25) is 0 Å². The Morgan fingerprint density at radius 2 is 1.71 bits per heavy atom. The SMILES string of the molecule is Cc1cc(C)cc(CC2(CO)CCOCC2)c1. The zero-order chi connectivity index (χ0) is 12.3. The molecule has 2 nitrogen and oxygen atoms in total. The maximum atomic E-state index is 9.69. The fourth-order valence-corrected chi connectivity index (χ4v) is 2.80. The van der Waals surface area contributed by atoms with Gasteiger partial charge in [-0.2, -0.15) is 0 Å². The summed E-state index contributed by atoms with van der Waals surface area (Å²) in [4.78, 5) is 0. The summed E-state index contributed by atoms with van der Waals surface area (Å²) in [5.74, 6) is 0. The van der Waals surface area contributed by atoms with Gasteiger partial charge in [0.15, 0.2) is 0 Å². The van der Waals surface area contributed by atoms with Crippen LogP contribution < -0.4 is 0 Å². The van der Waals surface area contributed by atoms with Gasteiger partial charge in [-0.1, -0.05) is 29.3 Å². The van der Waals surface area contributed by atoms with Gasteiger partial charge in [0.05, 0.1) is 0 Å². The maximum Gasteiger partial charge on any atom is 0.0492 e. The first-order chi connectivity index (χ1) is 8.13. The van der Waals surface area contributed by atoms with Gasteiger partial charge in [-0.05, 0) is 38.7 Å². The number of aliphatic hydroxyl groups excluding tert-OH is 1. The monoisotopic (exact) mass is 234 g/mol. The lowest BCUT2D eigenvalue weighted by molar-refractivity contribution is -0.0157. The third-order valence-electron chi connectivity index (χ3n) is 3.75. The van der Waals surface area contributed by atoms with E-state index in [-0.39, 0.29) is 12.0 Å². The van der Waals surface area contributed by atoms with E-state index in [0.717, 1.165) is 32.5 Å². The van der Waals surface area contributed by atoms with E-state index in [1.54, 1.807) is 0 Å². The summed E-state index contributed by atoms with van der Waals surface area (Å²) < 4.78 is 5.40. The van der Waals surface area contributed by atoms with Crippen LogP contribution in [0.25, 0.3) is 0 Å². The lowest BCUT2D eigenvalue weighted by atomic mass is 9.75. The van der Waals surface area contributed by atoms with E-state index in [1.807, 2.05) is 0 Å². The Kier molecular flexibility index (Phi) is 3.85. The molecule has 0 radical (unpaired) electrons. The normalized spacial score (nSPS) is 19.2. The standard InChI is InChI=1S/C15H22O2/c1-12-7-13(2)9-14(8-12)10-15(11-16)3-5-17-6-4-15/h7-9,16H,3-6,10-11H2,1-2H3. The molecule has 2 heteroatoms. The fourth-order valence-electron chi connectivity index (χ4n) is 2.80. The molecule has 0 amide bonds. The van der Waals surface area contributed by atoms with Crippen molar-refractivity contribution in [2.24, 2.45) is 5.41 Å². The molecule has 0 aromatic heterocycles. The summed E-state index contributed by atoms with van der Waals surface area (Å²) in [5, 5.41) is 9.69. The predicted molar refractivity (Wildman–Crippen MR) is 69.2 cm³/mol. The molecule has 1 heterocycles. The van der Waals surface area contributed by atoms with Gasteiger partial charge < -0.3 is 9.84 Å². The summed E-state index contributed by atoms with van der Waals surface area (Å²) >= 11 is 0. The van der Waals surface area contributed by atoms with Crippen molar-refractivity contribution in [3.63, 3.8) is 0 Å². The van der Waals surface area contributed by atoms with Crippen LogP contribution in [-0.4, -0.2) is 24.9 Å². The molecule has 0 saturated carbocycles. The van der Waals surface area contributed by atoms with Gasteiger partial charge >= 0.3 is 0 Å². The summed E-state index contributed by atoms with van der Waals surface area (Å²) in [5.41, 5.74) is 4.00. The summed E-state index contributed by atoms with van der Waals surface area (Å²) in [6, 6.07) is 6.67. The van der Waals surface area contributed by atoms with E-state index >= 15 is 0 Å². The van der Waals surface area contributed by atoms with E-state index in [4.69, 9.17) is 4.74 Å². The van der Waals surface area contributed by atoms with E-state index < -0.39 is 0 Å². The Balaban J connectivity index is 2.17. The Morgan fingerprint density at radius 3 is 2.24 bits per heavy atom. The van der Waals surface area contributed by atoms with Crippen LogP contribution >= 0.6 is 0 Å². The van der Waals surface area contributed by atoms with Gasteiger partial charge in [-0.15, -0.1) is 0 Å². The lowest BCUT2D eigenvalue weighted by Crippen LogP contribution is -2.35. The maximum absolute atomic E-state index is 9.69. The predicted octanol–water partition coefficient (Wildman–Crippen LogP) is 2.64. The molecule has 17 heavy (non-hydrogen) atoms. The Labute approximate surface area is 104 Å². The summed E-state index contributed by atoms with van der Waals surface area (Å²) in [6.07, 6.45) is 2.91. The highest BCUT2D eigenvalue weighted by Gasteiger charge is 2.32. The highest BCUT2D eigenvalue weighted by atomic mass is 16.5. The van der Waals surface area contributed by atoms with Gasteiger partial charge in [-0.25, -0.2) is 0 Å². The average molecular weight is 234 g/mol. The van der Waals surface area contributed by atoms with Gasteiger partial charge in [0.25, 0.3) is 0 Å². The molecule has 94 valence electrons. The molecule has 0 bridgehead atoms. The molecular weight excluding hydrogens is 212 g/mol. The molecule has 0 atom stereocenters. The zero-order valence-electron chi connectivity index (χ0n) is 10.8. The van der Waals surface area contributed by atoms with Crippen LogP contribution in [0, 0.1) is 19.3 Å². The van der Waals surface area contributed by atoms with Crippen LogP contribution in [0.3, 0.4) is 0 Å². The second-order valence-electron chi connectivity index (χ2n) is 5.44. The largest absolute Gasteiger partial charge is 0.396 e. The first kappa shape index (κ1) is 12.6. The van der Waals surface area contributed by atoms with Crippen LogP contribution in [0.15, 0.2) is 18.2 Å². The fraction of sp³-hybridized carbons (Fsp3) is 0.600. The van der Waals surface area contributed by atoms with Gasteiger partial charge in [0.1, 0.15) is 0 Å². The minimum absolute atomic E-state index is 0.0402. The molecule has 0 unspecified atom stereocenters. The summed E-state index contributed by atoms with van der Waals surface area (Å²) in [7, 11) is 0. The molecular formula is C15H22O2. The topological polar surface area (TPSA) is 29.5 Å². The van der Waals surface area contributed by atoms with E-state index in [1.165, 1.54) is 16.7 Å². The van der Waals surface area contributed by atoms with Crippen molar-refractivity contribution in [1.82, 2.24) is 0 Å². The van der Waals surface area contributed by atoms with Crippen LogP contribution in [0.2, 0.25) is 0 Å². The second-order valence-corrected chi connectivity index (χ2v) is 5.44. The molecule has 1 aliphatic heterocycles. The van der Waals surface area contributed by atoms with Crippen LogP contribution in [0.5, 0.6) is 0 Å². The molecule has 1 saturated heterocycles. The zero-order valence-corrected chi connectivity index (χ0v) is 10.8. The van der Waals surface area contributed by atoms with Gasteiger partial charge in [0.2, 0.25) is 0 Å². The van der Waals surface area contributed by atoms with Crippen LogP contribution in [-0.2, 0) is 11.2 Å². The van der Waals surface area contributed by atoms with E-state index in [0.29, 0.717) is 0 Å². The number of aryl methyl sites for hydroxylation is 2. The molecule has 1 fully saturated rings. The third kappa shape index (κ3) is 3.08. The van der Waals surface area contributed by atoms with Crippen molar-refractivity contribution >= 4 is 0 Å². The Bertz CT molecular complexity index is 358. The van der Waals surface area contributed by atoms with Crippen molar-refractivity contribution in [2.45, 2.75) is 33.1 Å². The number of aliphatic hydroxyl groups is 1. The number of benzene rings is 1. The van der Waals surface area contributed by atoms with Crippen LogP contribution in [0.4, 0.5) is 0 Å². The molecule has 2 rings (SSSR count). The van der Waals surface area contributed by atoms with E-state index in [2.05, 4.69) is 32.0 Å². The number of hydrogen-bond donors (Lipinski definition) is 1. The van der Waals surface area contributed by atoms with Crippen molar-refractivity contribution in [2.75, 3.05) is 19.8 Å². The minimum atomic E-state index is 0.0402. The van der Waals surface area contributed by atoms with Crippen molar-refractivity contribution in [3.8, 4) is 0 Å². The molecule has 0 spiro atoms. The first-order valence-corrected chi connectivity index (χ1v) is 6.39. The molecule has 1 aliphatic rings. The van der Waals surface area contributed by atoms with Crippen molar-refractivity contribution in [3.05, 3.63) is 34.9 Å². The van der Waals surface area contributed by atoms with Crippen molar-refractivity contribution < 1.29 is 9.84 Å². The number of ether oxygens (including phenoxy) is 1. The van der Waals surface area contributed by atoms with Crippen molar-refractivity contribution in [1.29, 1.82) is 0 Å². The smallest absolute Gasteiger partial charge is 0.0492 e. The summed E-state index contributed by atoms with van der Waals surface area (Å²) in [6.45, 7) is 6.10.